The second kappa shape index (κ2) is 7.49. The van der Waals surface area contributed by atoms with Crippen LogP contribution in [-0.2, 0) is 28.6 Å². The van der Waals surface area contributed by atoms with Crippen LogP contribution in [0, 0.1) is 40.4 Å². The molecule has 1 spiro atoms. The Morgan fingerprint density at radius 3 is 2.44 bits per heavy atom. The van der Waals surface area contributed by atoms with Crippen LogP contribution in [0.1, 0.15) is 66.7 Å². The maximum atomic E-state index is 13.5. The molecule has 2 heterocycles. The van der Waals surface area contributed by atoms with Gasteiger partial charge in [0.2, 0.25) is 5.91 Å². The van der Waals surface area contributed by atoms with E-state index in [0.29, 0.717) is 6.42 Å². The van der Waals surface area contributed by atoms with Gasteiger partial charge in [-0.2, -0.15) is 8.42 Å². The van der Waals surface area contributed by atoms with Crippen LogP contribution < -0.4 is 5.32 Å². The smallest absolute Gasteiger partial charge is 0.265 e. The van der Waals surface area contributed by atoms with Gasteiger partial charge in [-0.05, 0) is 38.5 Å². The summed E-state index contributed by atoms with van der Waals surface area (Å²) >= 11 is 0. The van der Waals surface area contributed by atoms with E-state index in [4.69, 9.17) is 8.92 Å². The molecule has 1 amide bonds. The Morgan fingerprint density at radius 2 is 1.79 bits per heavy atom. The van der Waals surface area contributed by atoms with E-state index in [1.54, 1.807) is 0 Å². The molecule has 11 atom stereocenters. The lowest BCUT2D eigenvalue weighted by Crippen LogP contribution is -2.74. The van der Waals surface area contributed by atoms with Crippen molar-refractivity contribution in [1.82, 2.24) is 5.32 Å². The average Bonchev–Trinajstić information content (AvgIpc) is 2.98. The van der Waals surface area contributed by atoms with Crippen molar-refractivity contribution < 1.29 is 32.0 Å². The second-order valence-electron chi connectivity index (χ2n) is 12.7. The Balaban J connectivity index is 1.64. The number of ketones is 1. The van der Waals surface area contributed by atoms with Crippen LogP contribution >= 0.6 is 0 Å². The minimum atomic E-state index is -3.85. The molecule has 5 aliphatic rings. The number of ether oxygens (including phenoxy) is 1. The molecule has 192 valence electrons. The predicted molar refractivity (Wildman–Crippen MR) is 124 cm³/mol. The fourth-order valence-electron chi connectivity index (χ4n) is 8.80. The number of nitrogens with one attached hydrogen (secondary N) is 1. The first-order valence-corrected chi connectivity index (χ1v) is 14.5. The highest BCUT2D eigenvalue weighted by Gasteiger charge is 2.72. The van der Waals surface area contributed by atoms with Crippen LogP contribution in [0.2, 0.25) is 0 Å². The van der Waals surface area contributed by atoms with Crippen LogP contribution in [0.4, 0.5) is 0 Å². The van der Waals surface area contributed by atoms with E-state index < -0.39 is 33.3 Å². The number of rotatable bonds is 2. The fourth-order valence-corrected chi connectivity index (χ4v) is 9.38. The third kappa shape index (κ3) is 3.22. The molecule has 0 bridgehead atoms. The molecule has 3 saturated carbocycles. The first-order chi connectivity index (χ1) is 15.6. The lowest BCUT2D eigenvalue weighted by atomic mass is 9.42. The number of fused-ring (bicyclic) bond motifs is 3. The van der Waals surface area contributed by atoms with Crippen LogP contribution in [0.5, 0.6) is 0 Å². The molecule has 5 rings (SSSR count). The summed E-state index contributed by atoms with van der Waals surface area (Å²) in [4.78, 5) is 26.2. The molecule has 0 aromatic rings. The average molecular weight is 498 g/mol. The van der Waals surface area contributed by atoms with E-state index in [-0.39, 0.29) is 65.3 Å². The third-order valence-electron chi connectivity index (χ3n) is 10.6. The number of amides is 1. The number of carbonyl (C=O) groups excluding carboxylic acids is 2. The number of hydrogen-bond acceptors (Lipinski definition) is 7. The third-order valence-corrected chi connectivity index (χ3v) is 11.2. The Kier molecular flexibility index (Phi) is 5.43. The van der Waals surface area contributed by atoms with Gasteiger partial charge >= 0.3 is 0 Å². The molecular weight excluding hydrogens is 458 g/mol. The van der Waals surface area contributed by atoms with Crippen molar-refractivity contribution in [2.75, 3.05) is 6.26 Å². The zero-order valence-corrected chi connectivity index (χ0v) is 21.9. The van der Waals surface area contributed by atoms with Crippen molar-refractivity contribution in [3.05, 3.63) is 0 Å². The highest BCUT2D eigenvalue weighted by molar-refractivity contribution is 7.86. The first kappa shape index (κ1) is 24.7. The van der Waals surface area contributed by atoms with Gasteiger partial charge in [0.15, 0.2) is 5.78 Å². The van der Waals surface area contributed by atoms with Gasteiger partial charge in [-0.25, -0.2) is 0 Å². The van der Waals surface area contributed by atoms with Gasteiger partial charge in [0, 0.05) is 47.0 Å². The predicted octanol–water partition coefficient (Wildman–Crippen LogP) is 2.04. The summed E-state index contributed by atoms with van der Waals surface area (Å²) < 4.78 is 36.9. The summed E-state index contributed by atoms with van der Waals surface area (Å²) in [6, 6.07) is -0.0704. The zero-order valence-electron chi connectivity index (χ0n) is 21.0. The van der Waals surface area contributed by atoms with Gasteiger partial charge in [0.05, 0.1) is 24.1 Å². The molecular formula is C25H39NO7S. The van der Waals surface area contributed by atoms with Gasteiger partial charge in [-0.15, -0.1) is 0 Å². The lowest BCUT2D eigenvalue weighted by molar-refractivity contribution is -0.328. The normalized spacial score (nSPS) is 52.1. The minimum absolute atomic E-state index is 0.0320. The molecule has 11 unspecified atom stereocenters. The second-order valence-corrected chi connectivity index (χ2v) is 14.3. The monoisotopic (exact) mass is 497 g/mol. The molecule has 2 aliphatic heterocycles. The van der Waals surface area contributed by atoms with Gasteiger partial charge in [-0.1, -0.05) is 27.7 Å². The molecule has 2 N–H and O–H groups in total. The van der Waals surface area contributed by atoms with E-state index >= 15 is 0 Å². The molecule has 34 heavy (non-hydrogen) atoms. The highest BCUT2D eigenvalue weighted by Crippen LogP contribution is 2.68. The molecule has 9 heteroatoms. The molecule has 8 nitrogen and oxygen atoms in total. The summed E-state index contributed by atoms with van der Waals surface area (Å²) in [6.07, 6.45) is 1.99. The molecule has 0 aromatic carbocycles. The van der Waals surface area contributed by atoms with Crippen molar-refractivity contribution >= 4 is 21.8 Å². The van der Waals surface area contributed by atoms with Crippen LogP contribution in [0.3, 0.4) is 0 Å². The van der Waals surface area contributed by atoms with E-state index in [0.717, 1.165) is 25.5 Å². The summed E-state index contributed by atoms with van der Waals surface area (Å²) in [5.41, 5.74) is -1.99. The quantitative estimate of drug-likeness (QED) is 0.561. The van der Waals surface area contributed by atoms with Crippen molar-refractivity contribution in [2.24, 2.45) is 40.4 Å². The lowest BCUT2D eigenvalue weighted by Gasteiger charge is -2.70. The minimum Gasteiger partial charge on any atom is -0.393 e. The van der Waals surface area contributed by atoms with Gasteiger partial charge in [-0.3, -0.25) is 13.8 Å². The largest absolute Gasteiger partial charge is 0.393 e. The summed E-state index contributed by atoms with van der Waals surface area (Å²) in [5, 5.41) is 14.2. The van der Waals surface area contributed by atoms with E-state index in [1.165, 1.54) is 0 Å². The van der Waals surface area contributed by atoms with Crippen LogP contribution in [0.15, 0.2) is 0 Å². The van der Waals surface area contributed by atoms with Gasteiger partial charge in [0.1, 0.15) is 6.10 Å². The fraction of sp³-hybridized carbons (Fsp3) is 0.920. The maximum absolute atomic E-state index is 13.5. The standard InChI is InChI=1S/C25H39NO7S/c1-12-7-8-18-23(3,4)21(28)17(33-34(6,30)31)11-25(18)24(12,5)10-15-16(27)9-14-19(20(15)32-25)13(2)26-22(14)29/h12-20,27H,7-11H2,1-6H3,(H,26,29). The Hall–Kier alpha value is -1.03. The SMILES string of the molecule is CC1NC(=O)C2CC(O)C3CC4(C)C(C)CCC5C(C)(C)C(=O)C(OS(C)(=O)=O)CC54OC3C12. The topological polar surface area (TPSA) is 119 Å². The van der Waals surface area contributed by atoms with Gasteiger partial charge in [0.25, 0.3) is 10.1 Å². The number of aliphatic hydroxyl groups is 1. The Morgan fingerprint density at radius 1 is 1.12 bits per heavy atom. The number of carbonyl (C=O) groups is 2. The molecule has 2 saturated heterocycles. The summed E-state index contributed by atoms with van der Waals surface area (Å²) in [5.74, 6) is -0.534. The van der Waals surface area contributed by atoms with Crippen molar-refractivity contribution in [3.63, 3.8) is 0 Å². The molecule has 0 radical (unpaired) electrons. The number of hydrogen-bond donors (Lipinski definition) is 2. The molecule has 3 aliphatic carbocycles. The zero-order chi connectivity index (χ0) is 25.0. The molecule has 5 fully saturated rings. The highest BCUT2D eigenvalue weighted by atomic mass is 32.2. The number of aliphatic hydroxyl groups excluding tert-OH is 1. The van der Waals surface area contributed by atoms with E-state index in [9.17, 15) is 23.1 Å². The van der Waals surface area contributed by atoms with Crippen LogP contribution in [-0.4, -0.2) is 61.4 Å². The van der Waals surface area contributed by atoms with E-state index in [2.05, 4.69) is 19.2 Å². The number of Topliss-reactive ketones (excluding diaryl/α,β-unsaturated/α-hetero) is 1. The van der Waals surface area contributed by atoms with Crippen molar-refractivity contribution in [2.45, 2.75) is 96.7 Å². The van der Waals surface area contributed by atoms with Crippen LogP contribution in [0.25, 0.3) is 0 Å². The van der Waals surface area contributed by atoms with Gasteiger partial charge < -0.3 is 15.2 Å². The Labute approximate surface area is 202 Å². The van der Waals surface area contributed by atoms with E-state index in [1.807, 2.05) is 20.8 Å². The van der Waals surface area contributed by atoms with Crippen molar-refractivity contribution in [1.29, 1.82) is 0 Å². The maximum Gasteiger partial charge on any atom is 0.265 e. The summed E-state index contributed by atoms with van der Waals surface area (Å²) in [6.45, 7) is 10.2. The Bertz CT molecular complexity index is 1010. The molecule has 0 aromatic heterocycles. The first-order valence-electron chi connectivity index (χ1n) is 12.7. The summed E-state index contributed by atoms with van der Waals surface area (Å²) in [7, 11) is -3.85. The van der Waals surface area contributed by atoms with Crippen molar-refractivity contribution in [3.8, 4) is 0 Å².